The molecule has 3 N–H and O–H groups in total. The largest absolute Gasteiger partial charge is 0.472 e. The van der Waals surface area contributed by atoms with Gasteiger partial charge < -0.3 is 33.8 Å². The molecule has 0 aromatic carbocycles. The number of ether oxygens (including phenoxy) is 4. The van der Waals surface area contributed by atoms with Crippen LogP contribution in [0.5, 0.6) is 0 Å². The van der Waals surface area contributed by atoms with E-state index >= 15 is 0 Å². The molecule has 0 radical (unpaired) electrons. The van der Waals surface area contributed by atoms with Crippen LogP contribution in [0, 0.1) is 17.8 Å². The molecule has 7 atom stereocenters. The third-order valence-corrected chi connectivity index (χ3v) is 22.8. The van der Waals surface area contributed by atoms with Gasteiger partial charge in [-0.1, -0.05) is 402 Å². The predicted molar refractivity (Wildman–Crippen MR) is 432 cm³/mol. The molecule has 0 saturated heterocycles. The molecule has 0 aromatic rings. The van der Waals surface area contributed by atoms with E-state index in [0.29, 0.717) is 25.7 Å². The molecule has 0 aliphatic heterocycles. The average molecular weight is 1540 g/mol. The van der Waals surface area contributed by atoms with Crippen molar-refractivity contribution in [3.05, 3.63) is 0 Å². The van der Waals surface area contributed by atoms with Crippen molar-refractivity contribution in [2.45, 2.75) is 471 Å². The van der Waals surface area contributed by atoms with Crippen molar-refractivity contribution < 1.29 is 80.2 Å². The van der Waals surface area contributed by atoms with Gasteiger partial charge in [-0.3, -0.25) is 37.3 Å². The zero-order chi connectivity index (χ0) is 77.2. The quantitative estimate of drug-likeness (QED) is 0.0222. The Kier molecular flexibility index (Phi) is 74.7. The van der Waals surface area contributed by atoms with Gasteiger partial charge in [0.25, 0.3) is 0 Å². The van der Waals surface area contributed by atoms with E-state index in [-0.39, 0.29) is 25.7 Å². The summed E-state index contributed by atoms with van der Waals surface area (Å²) in [6.45, 7) is 12.1. The highest BCUT2D eigenvalue weighted by Crippen LogP contribution is 2.45. The fourth-order valence-corrected chi connectivity index (χ4v) is 14.9. The summed E-state index contributed by atoms with van der Waals surface area (Å²) in [5.41, 5.74) is 0. The molecule has 17 nitrogen and oxygen atoms in total. The van der Waals surface area contributed by atoms with Gasteiger partial charge >= 0.3 is 39.5 Å². The number of carbonyl (C=O) groups excluding carboxylic acids is 4. The molecule has 0 bridgehead atoms. The first-order chi connectivity index (χ1) is 50.8. The molecule has 0 amide bonds. The minimum Gasteiger partial charge on any atom is -0.462 e. The molecule has 0 aliphatic carbocycles. The van der Waals surface area contributed by atoms with Crippen molar-refractivity contribution in [3.8, 4) is 0 Å². The number of aliphatic hydroxyl groups is 1. The molecule has 105 heavy (non-hydrogen) atoms. The second-order valence-corrected chi connectivity index (χ2v) is 34.8. The van der Waals surface area contributed by atoms with Crippen LogP contribution in [0.25, 0.3) is 0 Å². The number of hydrogen-bond acceptors (Lipinski definition) is 15. The number of aliphatic hydroxyl groups excluding tert-OH is 1. The number of unbranched alkanes of at least 4 members (excludes halogenated alkanes) is 50. The first-order valence-electron chi connectivity index (χ1n) is 44.4. The van der Waals surface area contributed by atoms with E-state index in [0.717, 1.165) is 120 Å². The first kappa shape index (κ1) is 103. The number of phosphoric ester groups is 2. The predicted octanol–water partition coefficient (Wildman–Crippen LogP) is 26.1. The number of rotatable bonds is 84. The van der Waals surface area contributed by atoms with Crippen LogP contribution in [0.4, 0.5) is 0 Å². The molecule has 0 aromatic heterocycles. The van der Waals surface area contributed by atoms with Crippen LogP contribution in [0.15, 0.2) is 0 Å². The lowest BCUT2D eigenvalue weighted by molar-refractivity contribution is -0.161. The molecular formula is C86H168O17P2. The fourth-order valence-electron chi connectivity index (χ4n) is 13.3. The first-order valence-corrected chi connectivity index (χ1v) is 47.4. The Morgan fingerprint density at radius 1 is 0.276 bits per heavy atom. The number of phosphoric acid groups is 2. The summed E-state index contributed by atoms with van der Waals surface area (Å²) in [4.78, 5) is 73.0. The Morgan fingerprint density at radius 2 is 0.486 bits per heavy atom. The van der Waals surface area contributed by atoms with E-state index in [1.807, 2.05) is 0 Å². The normalized spacial score (nSPS) is 14.4. The lowest BCUT2D eigenvalue weighted by Gasteiger charge is -2.21. The van der Waals surface area contributed by atoms with E-state index in [9.17, 15) is 43.2 Å². The summed E-state index contributed by atoms with van der Waals surface area (Å²) in [6.07, 6.45) is 66.9. The van der Waals surface area contributed by atoms with Gasteiger partial charge in [-0.05, 0) is 43.4 Å². The van der Waals surface area contributed by atoms with Crippen molar-refractivity contribution in [2.75, 3.05) is 39.6 Å². The Morgan fingerprint density at radius 3 is 0.724 bits per heavy atom. The van der Waals surface area contributed by atoms with Crippen molar-refractivity contribution >= 4 is 39.5 Å². The summed E-state index contributed by atoms with van der Waals surface area (Å²) in [5, 5.41) is 10.6. The molecule has 4 unspecified atom stereocenters. The van der Waals surface area contributed by atoms with Crippen LogP contribution in [-0.4, -0.2) is 96.7 Å². The molecule has 0 saturated carbocycles. The fraction of sp³-hybridized carbons (Fsp3) is 0.953. The molecule has 0 fully saturated rings. The Balaban J connectivity index is 5.15. The topological polar surface area (TPSA) is 237 Å². The van der Waals surface area contributed by atoms with Crippen molar-refractivity contribution in [3.63, 3.8) is 0 Å². The standard InChI is InChI=1S/C86H168O17P2/c1-8-11-12-13-43-53-60-67-83(88)96-73-81(102-86(91)70-63-56-49-42-36-30-31-37-44-50-57-64-77(4)5)75-100-104(92,93)98-71-80(87)72-99-105(94,95)101-76-82(103-85(90)69-62-55-48-41-35-29-25-21-17-15-19-23-27-33-39-46-52-59-66-79(7)10-3)74-97-84(89)68-61-54-47-40-34-28-24-20-16-14-18-22-26-32-38-45-51-58-65-78(6)9-2/h77-82,87H,8-76H2,1-7H3,(H,92,93)(H,94,95)/t78?,79?,80-,81+,82+/m0/s1. The highest BCUT2D eigenvalue weighted by molar-refractivity contribution is 7.47. The third kappa shape index (κ3) is 77.2. The van der Waals surface area contributed by atoms with Gasteiger partial charge in [-0.25, -0.2) is 9.13 Å². The Bertz CT molecular complexity index is 2030. The van der Waals surface area contributed by atoms with E-state index in [2.05, 4.69) is 48.5 Å². The summed E-state index contributed by atoms with van der Waals surface area (Å²) in [5.74, 6) is 0.400. The Hall–Kier alpha value is -1.94. The highest BCUT2D eigenvalue weighted by Gasteiger charge is 2.30. The summed E-state index contributed by atoms with van der Waals surface area (Å²) < 4.78 is 68.7. The molecular weight excluding hydrogens is 1370 g/mol. The summed E-state index contributed by atoms with van der Waals surface area (Å²) >= 11 is 0. The van der Waals surface area contributed by atoms with Crippen LogP contribution < -0.4 is 0 Å². The molecule has 0 rings (SSSR count). The van der Waals surface area contributed by atoms with E-state index in [1.54, 1.807) is 0 Å². The average Bonchev–Trinajstić information content (AvgIpc) is 0.908. The molecule has 0 spiro atoms. The van der Waals surface area contributed by atoms with Gasteiger partial charge in [0.05, 0.1) is 26.4 Å². The summed E-state index contributed by atoms with van der Waals surface area (Å²) in [6, 6.07) is 0. The monoisotopic (exact) mass is 1540 g/mol. The lowest BCUT2D eigenvalue weighted by atomic mass is 9.99. The second-order valence-electron chi connectivity index (χ2n) is 31.9. The third-order valence-electron chi connectivity index (χ3n) is 20.9. The van der Waals surface area contributed by atoms with Crippen molar-refractivity contribution in [2.24, 2.45) is 17.8 Å². The van der Waals surface area contributed by atoms with Gasteiger partial charge in [0.1, 0.15) is 19.3 Å². The van der Waals surface area contributed by atoms with Crippen molar-refractivity contribution in [1.29, 1.82) is 0 Å². The van der Waals surface area contributed by atoms with Crippen LogP contribution in [-0.2, 0) is 65.4 Å². The maximum absolute atomic E-state index is 13.1. The molecule has 0 aliphatic rings. The minimum atomic E-state index is -4.97. The van der Waals surface area contributed by atoms with Crippen LogP contribution in [0.2, 0.25) is 0 Å². The van der Waals surface area contributed by atoms with Crippen LogP contribution in [0.3, 0.4) is 0 Å². The highest BCUT2D eigenvalue weighted by atomic mass is 31.2. The minimum absolute atomic E-state index is 0.106. The van der Waals surface area contributed by atoms with E-state index < -0.39 is 97.5 Å². The molecule has 0 heterocycles. The zero-order valence-electron chi connectivity index (χ0n) is 69.2. The SMILES string of the molecule is CCCCCCCCCC(=O)OC[C@H](COP(=O)(O)OC[C@H](O)COP(=O)(O)OC[C@@H](COC(=O)CCCCCCCCCCCCCCCCCCCCC(C)CC)OC(=O)CCCCCCCCCCCCCCCCCCCCC(C)CC)OC(=O)CCCCCCCCCCCCCC(C)C. The Labute approximate surface area is 645 Å². The lowest BCUT2D eigenvalue weighted by Crippen LogP contribution is -2.30. The zero-order valence-corrected chi connectivity index (χ0v) is 71.0. The van der Waals surface area contributed by atoms with Crippen LogP contribution in [0.1, 0.15) is 453 Å². The van der Waals surface area contributed by atoms with Gasteiger partial charge in [0, 0.05) is 25.7 Å². The number of hydrogen-bond donors (Lipinski definition) is 3. The van der Waals surface area contributed by atoms with Gasteiger partial charge in [0.15, 0.2) is 12.2 Å². The van der Waals surface area contributed by atoms with Crippen LogP contribution >= 0.6 is 15.6 Å². The van der Waals surface area contributed by atoms with Crippen molar-refractivity contribution in [1.82, 2.24) is 0 Å². The van der Waals surface area contributed by atoms with Gasteiger partial charge in [-0.2, -0.15) is 0 Å². The second kappa shape index (κ2) is 76.1. The van der Waals surface area contributed by atoms with Gasteiger partial charge in [0.2, 0.25) is 0 Å². The summed E-state index contributed by atoms with van der Waals surface area (Å²) in [7, 11) is -9.92. The van der Waals surface area contributed by atoms with E-state index in [4.69, 9.17) is 37.0 Å². The number of carbonyl (C=O) groups is 4. The molecule has 624 valence electrons. The van der Waals surface area contributed by atoms with E-state index in [1.165, 1.54) is 250 Å². The maximum atomic E-state index is 13.1. The number of esters is 4. The molecule has 19 heteroatoms. The smallest absolute Gasteiger partial charge is 0.462 e. The van der Waals surface area contributed by atoms with Gasteiger partial charge in [-0.15, -0.1) is 0 Å². The maximum Gasteiger partial charge on any atom is 0.472 e.